The SMILES string of the molecule is C=CCOC1=IC=NC(C#N)=C1. The van der Waals surface area contributed by atoms with Crippen molar-refractivity contribution in [1.29, 1.82) is 5.26 Å². The number of hydrogen-bond acceptors (Lipinski definition) is 3. The van der Waals surface area contributed by atoms with Crippen molar-refractivity contribution in [3.05, 3.63) is 24.4 Å². The molecule has 1 heterocycles. The van der Waals surface area contributed by atoms with E-state index in [9.17, 15) is 0 Å². The average molecular weight is 274 g/mol. The first-order valence-electron chi connectivity index (χ1n) is 3.25. The second-order valence-corrected chi connectivity index (χ2v) is 4.12. The fourth-order valence-corrected chi connectivity index (χ4v) is 2.12. The number of halogens is 1. The van der Waals surface area contributed by atoms with Crippen LogP contribution >= 0.6 is 20.7 Å². The van der Waals surface area contributed by atoms with E-state index < -0.39 is 0 Å². The van der Waals surface area contributed by atoms with Crippen LogP contribution in [-0.4, -0.2) is 14.5 Å². The van der Waals surface area contributed by atoms with Gasteiger partial charge in [0.1, 0.15) is 15.5 Å². The minimum Gasteiger partial charge on any atom is -0.336 e. The van der Waals surface area contributed by atoms with Gasteiger partial charge >= 0.3 is 0 Å². The maximum Gasteiger partial charge on any atom is 0.144 e. The van der Waals surface area contributed by atoms with E-state index in [0.717, 1.165) is 3.69 Å². The summed E-state index contributed by atoms with van der Waals surface area (Å²) < 4.78 is 7.94. The van der Waals surface area contributed by atoms with Crippen LogP contribution in [0.3, 0.4) is 0 Å². The molecule has 0 atom stereocenters. The molecule has 0 aromatic heterocycles. The van der Waals surface area contributed by atoms with Crippen molar-refractivity contribution < 1.29 is 4.74 Å². The Balaban J connectivity index is 2.64. The fourth-order valence-electron chi connectivity index (χ4n) is 0.574. The number of nitrogens with zero attached hydrogens (tertiary/aromatic N) is 2. The molecule has 0 aliphatic carbocycles. The van der Waals surface area contributed by atoms with Crippen LogP contribution in [0.1, 0.15) is 0 Å². The monoisotopic (exact) mass is 274 g/mol. The zero-order chi connectivity index (χ0) is 8.81. The van der Waals surface area contributed by atoms with Crippen LogP contribution in [-0.2, 0) is 4.74 Å². The maximum atomic E-state index is 8.53. The molecule has 0 spiro atoms. The zero-order valence-electron chi connectivity index (χ0n) is 6.33. The molecule has 0 fully saturated rings. The van der Waals surface area contributed by atoms with E-state index in [0.29, 0.717) is 12.3 Å². The molecule has 4 heteroatoms. The fraction of sp³-hybridized carbons (Fsp3) is 0.125. The lowest BCUT2D eigenvalue weighted by Gasteiger charge is -2.01. The van der Waals surface area contributed by atoms with Gasteiger partial charge in [0.25, 0.3) is 0 Å². The zero-order valence-corrected chi connectivity index (χ0v) is 8.48. The molecule has 0 saturated heterocycles. The first kappa shape index (κ1) is 9.29. The number of rotatable bonds is 3. The normalized spacial score (nSPS) is 15.2. The van der Waals surface area contributed by atoms with Crippen molar-refractivity contribution in [2.45, 2.75) is 0 Å². The minimum atomic E-state index is -0.270. The van der Waals surface area contributed by atoms with Crippen LogP contribution in [0.15, 0.2) is 29.4 Å². The molecule has 0 unspecified atom stereocenters. The summed E-state index contributed by atoms with van der Waals surface area (Å²) >= 11 is -0.270. The highest BCUT2D eigenvalue weighted by Gasteiger charge is 2.00. The van der Waals surface area contributed by atoms with E-state index in [1.165, 1.54) is 0 Å². The van der Waals surface area contributed by atoms with Gasteiger partial charge in [-0.15, -0.1) is 6.58 Å². The predicted molar refractivity (Wildman–Crippen MR) is 57.4 cm³/mol. The Labute approximate surface area is 80.8 Å². The smallest absolute Gasteiger partial charge is 0.144 e. The summed E-state index contributed by atoms with van der Waals surface area (Å²) in [5, 5.41) is 8.53. The minimum absolute atomic E-state index is 0.270. The maximum absolute atomic E-state index is 8.53. The highest BCUT2D eigenvalue weighted by Crippen LogP contribution is 2.10. The standard InChI is InChI=1S/C8H7IN2O/c1-2-3-12-8-4-7(5-10)11-6-9-8/h2,4,6H,1,3H2. The third kappa shape index (κ3) is 2.68. The van der Waals surface area contributed by atoms with Crippen LogP contribution < -0.4 is 0 Å². The molecule has 0 aromatic rings. The van der Waals surface area contributed by atoms with E-state index >= 15 is 0 Å². The van der Waals surface area contributed by atoms with Gasteiger partial charge in [-0.1, -0.05) is 6.08 Å². The number of hydrogen-bond donors (Lipinski definition) is 0. The van der Waals surface area contributed by atoms with Crippen molar-refractivity contribution in [1.82, 2.24) is 0 Å². The third-order valence-electron chi connectivity index (χ3n) is 1.05. The summed E-state index contributed by atoms with van der Waals surface area (Å²) in [6, 6.07) is 1.96. The van der Waals surface area contributed by atoms with Gasteiger partial charge in [0, 0.05) is 6.08 Å². The van der Waals surface area contributed by atoms with Crippen LogP contribution in [0.2, 0.25) is 0 Å². The summed E-state index contributed by atoms with van der Waals surface area (Å²) in [7, 11) is 0. The molecule has 1 aliphatic heterocycles. The van der Waals surface area contributed by atoms with E-state index in [2.05, 4.69) is 11.6 Å². The number of aliphatic imine (C=N–C) groups is 1. The topological polar surface area (TPSA) is 45.4 Å². The Morgan fingerprint density at radius 2 is 2.67 bits per heavy atom. The van der Waals surface area contributed by atoms with Crippen LogP contribution in [0.25, 0.3) is 0 Å². The molecule has 0 radical (unpaired) electrons. The molecule has 0 saturated carbocycles. The van der Waals surface area contributed by atoms with Crippen molar-refractivity contribution in [3.63, 3.8) is 0 Å². The van der Waals surface area contributed by atoms with E-state index in [1.807, 2.05) is 6.07 Å². The largest absolute Gasteiger partial charge is 0.336 e. The van der Waals surface area contributed by atoms with Gasteiger partial charge in [0.2, 0.25) is 0 Å². The summed E-state index contributed by atoms with van der Waals surface area (Å²) in [4.78, 5) is 3.90. The Hall–Kier alpha value is -0.800. The lowest BCUT2D eigenvalue weighted by molar-refractivity contribution is 0.364. The third-order valence-corrected chi connectivity index (χ3v) is 2.84. The van der Waals surface area contributed by atoms with Gasteiger partial charge in [0.15, 0.2) is 0 Å². The molecule has 1 rings (SSSR count). The first-order chi connectivity index (χ1) is 5.86. The summed E-state index contributed by atoms with van der Waals surface area (Å²) in [5.74, 6) is 0. The lowest BCUT2D eigenvalue weighted by atomic mass is 10.4. The molecule has 62 valence electrons. The highest BCUT2D eigenvalue weighted by molar-refractivity contribution is 14.2. The Morgan fingerprint density at radius 1 is 1.83 bits per heavy atom. The predicted octanol–water partition coefficient (Wildman–Crippen LogP) is 1.74. The summed E-state index contributed by atoms with van der Waals surface area (Å²) in [6.07, 6.45) is 3.37. The van der Waals surface area contributed by atoms with Gasteiger partial charge in [-0.3, -0.25) is 0 Å². The Bertz CT molecular complexity index is 310. The highest BCUT2D eigenvalue weighted by atomic mass is 127. The molecular weight excluding hydrogens is 267 g/mol. The molecule has 12 heavy (non-hydrogen) atoms. The van der Waals surface area contributed by atoms with E-state index in [1.54, 1.807) is 16.4 Å². The first-order valence-corrected chi connectivity index (χ1v) is 5.57. The molecule has 0 N–H and O–H groups in total. The van der Waals surface area contributed by atoms with E-state index in [-0.39, 0.29) is 20.7 Å². The van der Waals surface area contributed by atoms with Gasteiger partial charge in [-0.05, 0) is 20.7 Å². The van der Waals surface area contributed by atoms with E-state index in [4.69, 9.17) is 10.00 Å². The Morgan fingerprint density at radius 3 is 3.33 bits per heavy atom. The number of nitriles is 1. The molecular formula is C8H7IN2O. The van der Waals surface area contributed by atoms with Crippen LogP contribution in [0.5, 0.6) is 0 Å². The molecule has 0 amide bonds. The van der Waals surface area contributed by atoms with Crippen molar-refractivity contribution >= 4 is 28.6 Å². The average Bonchev–Trinajstić information content (AvgIpc) is 2.15. The van der Waals surface area contributed by atoms with Crippen LogP contribution in [0.4, 0.5) is 0 Å². The van der Waals surface area contributed by atoms with Crippen molar-refractivity contribution in [2.75, 3.05) is 6.61 Å². The number of ether oxygens (including phenoxy) is 1. The van der Waals surface area contributed by atoms with Crippen LogP contribution in [0, 0.1) is 11.3 Å². The van der Waals surface area contributed by atoms with Crippen molar-refractivity contribution in [2.24, 2.45) is 4.99 Å². The van der Waals surface area contributed by atoms with Gasteiger partial charge in [-0.2, -0.15) is 5.26 Å². The second-order valence-electron chi connectivity index (χ2n) is 1.88. The van der Waals surface area contributed by atoms with Gasteiger partial charge < -0.3 is 4.74 Å². The quantitative estimate of drug-likeness (QED) is 0.581. The van der Waals surface area contributed by atoms with Crippen molar-refractivity contribution in [3.8, 4) is 6.07 Å². The Kier molecular flexibility index (Phi) is 3.84. The molecule has 0 aromatic carbocycles. The summed E-state index contributed by atoms with van der Waals surface area (Å²) in [5.41, 5.74) is 0.417. The second kappa shape index (κ2) is 4.95. The number of allylic oxidation sites excluding steroid dienone is 1. The van der Waals surface area contributed by atoms with Gasteiger partial charge in [-0.25, -0.2) is 4.99 Å². The summed E-state index contributed by atoms with van der Waals surface area (Å²) in [6.45, 7) is 4.04. The molecule has 1 aliphatic rings. The molecule has 3 nitrogen and oxygen atoms in total. The molecule has 0 bridgehead atoms. The van der Waals surface area contributed by atoms with Gasteiger partial charge in [0.05, 0.1) is 10.8 Å². The lowest BCUT2D eigenvalue weighted by Crippen LogP contribution is -2.01.